The zero-order chi connectivity index (χ0) is 8.55. The summed E-state index contributed by atoms with van der Waals surface area (Å²) in [4.78, 5) is 7.21. The van der Waals surface area contributed by atoms with Crippen LogP contribution in [0.15, 0.2) is 18.3 Å². The third-order valence-corrected chi connectivity index (χ3v) is 1.78. The zero-order valence-electron chi connectivity index (χ0n) is 6.63. The molecule has 0 bridgehead atoms. The first kappa shape index (κ1) is 6.86. The Hall–Kier alpha value is -1.82. The van der Waals surface area contributed by atoms with Crippen molar-refractivity contribution < 1.29 is 0 Å². The van der Waals surface area contributed by atoms with E-state index in [4.69, 9.17) is 5.26 Å². The smallest absolute Gasteiger partial charge is 0.138 e. The van der Waals surface area contributed by atoms with Crippen molar-refractivity contribution in [2.75, 3.05) is 0 Å². The molecule has 0 aliphatic carbocycles. The summed E-state index contributed by atoms with van der Waals surface area (Å²) in [7, 11) is 0. The Morgan fingerprint density at radius 2 is 2.42 bits per heavy atom. The van der Waals surface area contributed by atoms with Gasteiger partial charge in [-0.25, -0.2) is 4.98 Å². The zero-order valence-corrected chi connectivity index (χ0v) is 6.63. The molecular formula is C9H7N3. The number of nitrogens with one attached hydrogen (secondary N) is 1. The Morgan fingerprint density at radius 3 is 3.17 bits per heavy atom. The third-order valence-electron chi connectivity index (χ3n) is 1.78. The van der Waals surface area contributed by atoms with Crippen molar-refractivity contribution in [1.82, 2.24) is 9.97 Å². The average molecular weight is 157 g/mol. The Kier molecular flexibility index (Phi) is 1.34. The van der Waals surface area contributed by atoms with E-state index in [9.17, 15) is 0 Å². The van der Waals surface area contributed by atoms with Gasteiger partial charge < -0.3 is 4.98 Å². The maximum Gasteiger partial charge on any atom is 0.138 e. The lowest BCUT2D eigenvalue weighted by Gasteiger charge is -1.94. The van der Waals surface area contributed by atoms with E-state index in [0.29, 0.717) is 5.56 Å². The second-order valence-corrected chi connectivity index (χ2v) is 2.66. The molecule has 0 saturated heterocycles. The standard InChI is InChI=1S/C9H7N3/c1-6-4-7(5-10)8-2-3-11-9(8)12-6/h2-4H,1H3,(H,11,12). The van der Waals surface area contributed by atoms with Crippen molar-refractivity contribution in [2.45, 2.75) is 6.92 Å². The molecule has 0 aliphatic heterocycles. The number of hydrogen-bond acceptors (Lipinski definition) is 2. The molecule has 58 valence electrons. The number of H-pyrrole nitrogens is 1. The molecule has 2 aromatic rings. The van der Waals surface area contributed by atoms with Gasteiger partial charge in [0.2, 0.25) is 0 Å². The number of nitrogens with zero attached hydrogens (tertiary/aromatic N) is 2. The van der Waals surface area contributed by atoms with Crippen molar-refractivity contribution in [1.29, 1.82) is 5.26 Å². The van der Waals surface area contributed by atoms with Gasteiger partial charge in [-0.3, -0.25) is 0 Å². The monoisotopic (exact) mass is 157 g/mol. The second-order valence-electron chi connectivity index (χ2n) is 2.66. The first-order valence-electron chi connectivity index (χ1n) is 3.66. The normalized spacial score (nSPS) is 10.0. The fraction of sp³-hybridized carbons (Fsp3) is 0.111. The van der Waals surface area contributed by atoms with E-state index in [1.807, 2.05) is 13.0 Å². The van der Waals surface area contributed by atoms with Crippen LogP contribution >= 0.6 is 0 Å². The summed E-state index contributed by atoms with van der Waals surface area (Å²) in [5.41, 5.74) is 2.33. The molecule has 0 aromatic carbocycles. The average Bonchev–Trinajstić information content (AvgIpc) is 2.50. The van der Waals surface area contributed by atoms with Crippen LogP contribution in [0.3, 0.4) is 0 Å². The topological polar surface area (TPSA) is 52.5 Å². The Bertz CT molecular complexity index is 462. The van der Waals surface area contributed by atoms with Crippen molar-refractivity contribution in [3.05, 3.63) is 29.6 Å². The van der Waals surface area contributed by atoms with Crippen LogP contribution in [0.4, 0.5) is 0 Å². The number of rotatable bonds is 0. The molecule has 0 unspecified atom stereocenters. The summed E-state index contributed by atoms with van der Waals surface area (Å²) in [6.45, 7) is 1.88. The number of nitriles is 1. The molecule has 0 atom stereocenters. The SMILES string of the molecule is Cc1cc(C#N)c2cc[nH]c2n1. The summed E-state index contributed by atoms with van der Waals surface area (Å²) >= 11 is 0. The molecule has 12 heavy (non-hydrogen) atoms. The van der Waals surface area contributed by atoms with Gasteiger partial charge in [-0.2, -0.15) is 5.26 Å². The van der Waals surface area contributed by atoms with Gasteiger partial charge in [-0.1, -0.05) is 0 Å². The fourth-order valence-electron chi connectivity index (χ4n) is 1.26. The number of hydrogen-bond donors (Lipinski definition) is 1. The fourth-order valence-corrected chi connectivity index (χ4v) is 1.26. The lowest BCUT2D eigenvalue weighted by molar-refractivity contribution is 1.22. The minimum absolute atomic E-state index is 0.679. The van der Waals surface area contributed by atoms with Crippen molar-refractivity contribution >= 4 is 11.0 Å². The van der Waals surface area contributed by atoms with Crippen molar-refractivity contribution in [2.24, 2.45) is 0 Å². The van der Waals surface area contributed by atoms with Crippen LogP contribution in [0.25, 0.3) is 11.0 Å². The van der Waals surface area contributed by atoms with E-state index in [1.54, 1.807) is 12.3 Å². The van der Waals surface area contributed by atoms with E-state index in [2.05, 4.69) is 16.0 Å². The van der Waals surface area contributed by atoms with E-state index in [0.717, 1.165) is 16.7 Å². The molecule has 0 saturated carbocycles. The van der Waals surface area contributed by atoms with Crippen LogP contribution in [0.2, 0.25) is 0 Å². The number of aryl methyl sites for hydroxylation is 1. The Morgan fingerprint density at radius 1 is 1.58 bits per heavy atom. The Balaban J connectivity index is 2.91. The maximum absolute atomic E-state index is 8.79. The van der Waals surface area contributed by atoms with Crippen LogP contribution in [0, 0.1) is 18.3 Å². The summed E-state index contributed by atoms with van der Waals surface area (Å²) < 4.78 is 0. The summed E-state index contributed by atoms with van der Waals surface area (Å²) in [6.07, 6.45) is 1.79. The van der Waals surface area contributed by atoms with E-state index >= 15 is 0 Å². The summed E-state index contributed by atoms with van der Waals surface area (Å²) in [5, 5.41) is 9.68. The number of aromatic nitrogens is 2. The minimum Gasteiger partial charge on any atom is -0.346 e. The highest BCUT2D eigenvalue weighted by molar-refractivity contribution is 5.82. The van der Waals surface area contributed by atoms with Gasteiger partial charge in [-0.15, -0.1) is 0 Å². The molecule has 0 fully saturated rings. The van der Waals surface area contributed by atoms with Gasteiger partial charge in [0.05, 0.1) is 11.6 Å². The Labute approximate surface area is 69.7 Å². The molecular weight excluding hydrogens is 150 g/mol. The van der Waals surface area contributed by atoms with Gasteiger partial charge in [-0.05, 0) is 19.1 Å². The van der Waals surface area contributed by atoms with E-state index in [1.165, 1.54) is 0 Å². The van der Waals surface area contributed by atoms with Gasteiger partial charge >= 0.3 is 0 Å². The highest BCUT2D eigenvalue weighted by atomic mass is 14.8. The highest BCUT2D eigenvalue weighted by Gasteiger charge is 2.02. The minimum atomic E-state index is 0.679. The summed E-state index contributed by atoms with van der Waals surface area (Å²) in [5.74, 6) is 0. The quantitative estimate of drug-likeness (QED) is 0.633. The highest BCUT2D eigenvalue weighted by Crippen LogP contribution is 2.15. The first-order valence-corrected chi connectivity index (χ1v) is 3.66. The lowest BCUT2D eigenvalue weighted by Crippen LogP contribution is -1.85. The predicted molar refractivity (Wildman–Crippen MR) is 45.5 cm³/mol. The molecule has 0 radical (unpaired) electrons. The largest absolute Gasteiger partial charge is 0.346 e. The number of pyridine rings is 1. The number of fused-ring (bicyclic) bond motifs is 1. The van der Waals surface area contributed by atoms with Crippen LogP contribution in [-0.2, 0) is 0 Å². The first-order chi connectivity index (χ1) is 5.81. The lowest BCUT2D eigenvalue weighted by atomic mass is 10.2. The van der Waals surface area contributed by atoms with Crippen LogP contribution in [0.1, 0.15) is 11.3 Å². The third kappa shape index (κ3) is 0.857. The predicted octanol–water partition coefficient (Wildman–Crippen LogP) is 1.74. The van der Waals surface area contributed by atoms with E-state index < -0.39 is 0 Å². The van der Waals surface area contributed by atoms with Gasteiger partial charge in [0, 0.05) is 17.3 Å². The van der Waals surface area contributed by atoms with Gasteiger partial charge in [0.25, 0.3) is 0 Å². The molecule has 0 aliphatic rings. The molecule has 2 heterocycles. The van der Waals surface area contributed by atoms with Gasteiger partial charge in [0.15, 0.2) is 0 Å². The van der Waals surface area contributed by atoms with Crippen molar-refractivity contribution in [3.63, 3.8) is 0 Å². The summed E-state index contributed by atoms with van der Waals surface area (Å²) in [6, 6.07) is 5.79. The molecule has 1 N–H and O–H groups in total. The number of aromatic amines is 1. The van der Waals surface area contributed by atoms with Crippen LogP contribution < -0.4 is 0 Å². The van der Waals surface area contributed by atoms with E-state index in [-0.39, 0.29) is 0 Å². The molecule has 2 aromatic heterocycles. The molecule has 0 spiro atoms. The van der Waals surface area contributed by atoms with Crippen LogP contribution in [0.5, 0.6) is 0 Å². The molecule has 0 amide bonds. The van der Waals surface area contributed by atoms with Crippen molar-refractivity contribution in [3.8, 4) is 6.07 Å². The molecule has 3 heteroatoms. The second kappa shape index (κ2) is 2.35. The van der Waals surface area contributed by atoms with Gasteiger partial charge in [0.1, 0.15) is 5.65 Å². The van der Waals surface area contributed by atoms with Crippen LogP contribution in [-0.4, -0.2) is 9.97 Å². The molecule has 2 rings (SSSR count). The molecule has 3 nitrogen and oxygen atoms in total. The maximum atomic E-state index is 8.79.